The van der Waals surface area contributed by atoms with E-state index in [1.807, 2.05) is 49.3 Å². The number of likely N-dealkylation sites (N-methyl/N-ethyl adjacent to an activating group) is 1. The van der Waals surface area contributed by atoms with Gasteiger partial charge in [-0.2, -0.15) is 0 Å². The lowest BCUT2D eigenvalue weighted by Gasteiger charge is -2.22. The Kier molecular flexibility index (Phi) is 7.30. The molecule has 0 atom stereocenters. The van der Waals surface area contributed by atoms with Crippen LogP contribution in [0.25, 0.3) is 10.2 Å². The van der Waals surface area contributed by atoms with Gasteiger partial charge < -0.3 is 14.4 Å². The summed E-state index contributed by atoms with van der Waals surface area (Å²) >= 11 is 7.74. The van der Waals surface area contributed by atoms with Crippen molar-refractivity contribution in [3.63, 3.8) is 0 Å². The Labute approximate surface area is 179 Å². The Bertz CT molecular complexity index is 962. The number of halogens is 1. The predicted octanol–water partition coefficient (Wildman–Crippen LogP) is 4.32. The Morgan fingerprint density at radius 2 is 1.90 bits per heavy atom. The van der Waals surface area contributed by atoms with E-state index in [1.54, 1.807) is 24.1 Å². The minimum atomic E-state index is -0.0445. The van der Waals surface area contributed by atoms with Gasteiger partial charge in [0.15, 0.2) is 5.13 Å². The van der Waals surface area contributed by atoms with Crippen molar-refractivity contribution >= 4 is 44.2 Å². The lowest BCUT2D eigenvalue weighted by atomic mass is 10.3. The first-order valence-corrected chi connectivity index (χ1v) is 10.4. The van der Waals surface area contributed by atoms with Gasteiger partial charge in [0.1, 0.15) is 17.0 Å². The van der Waals surface area contributed by atoms with Crippen LogP contribution < -0.4 is 14.4 Å². The van der Waals surface area contributed by atoms with E-state index in [0.29, 0.717) is 41.1 Å². The molecule has 6 nitrogen and oxygen atoms in total. The van der Waals surface area contributed by atoms with Crippen molar-refractivity contribution in [2.75, 3.05) is 45.8 Å². The number of fused-ring (bicyclic) bond motifs is 1. The quantitative estimate of drug-likeness (QED) is 0.503. The number of methoxy groups -OCH3 is 1. The van der Waals surface area contributed by atoms with Crippen molar-refractivity contribution in [2.45, 2.75) is 6.42 Å². The van der Waals surface area contributed by atoms with E-state index in [-0.39, 0.29) is 12.3 Å². The van der Waals surface area contributed by atoms with Crippen LogP contribution in [0.15, 0.2) is 42.5 Å². The van der Waals surface area contributed by atoms with Crippen LogP contribution in [0.3, 0.4) is 0 Å². The first kappa shape index (κ1) is 21.4. The normalized spacial score (nSPS) is 11.1. The van der Waals surface area contributed by atoms with E-state index in [0.717, 1.165) is 10.4 Å². The molecule has 3 aromatic rings. The van der Waals surface area contributed by atoms with Crippen LogP contribution in [0.5, 0.6) is 11.5 Å². The fourth-order valence-corrected chi connectivity index (χ4v) is 4.06. The highest BCUT2D eigenvalue weighted by Gasteiger charge is 2.22. The van der Waals surface area contributed by atoms with Crippen LogP contribution >= 0.6 is 22.9 Å². The summed E-state index contributed by atoms with van der Waals surface area (Å²) < 4.78 is 11.9. The van der Waals surface area contributed by atoms with Crippen LogP contribution in [-0.2, 0) is 4.79 Å². The molecule has 0 aliphatic rings. The standard InChI is InChI=1S/C21H24ClN3O3S/c1-24(2)12-13-25(18(26)11-14-28-15-7-5-4-6-8-15)21-23-19-17(27-3)10-9-16(22)20(19)29-21/h4-10H,11-14H2,1-3H3. The maximum absolute atomic E-state index is 13.0. The molecule has 0 saturated heterocycles. The van der Waals surface area contributed by atoms with Gasteiger partial charge in [-0.15, -0.1) is 0 Å². The van der Waals surface area contributed by atoms with Gasteiger partial charge in [0.05, 0.1) is 29.9 Å². The molecule has 0 spiro atoms. The highest BCUT2D eigenvalue weighted by molar-refractivity contribution is 7.23. The van der Waals surface area contributed by atoms with Crippen LogP contribution in [0.1, 0.15) is 6.42 Å². The number of ether oxygens (including phenoxy) is 2. The van der Waals surface area contributed by atoms with Crippen molar-refractivity contribution in [2.24, 2.45) is 0 Å². The molecule has 0 N–H and O–H groups in total. The van der Waals surface area contributed by atoms with Crippen LogP contribution in [0.4, 0.5) is 5.13 Å². The number of rotatable bonds is 9. The third kappa shape index (κ3) is 5.38. The second kappa shape index (κ2) is 9.91. The maximum atomic E-state index is 13.0. The third-order valence-electron chi connectivity index (χ3n) is 4.30. The number of amides is 1. The summed E-state index contributed by atoms with van der Waals surface area (Å²) in [5.74, 6) is 1.34. The number of aromatic nitrogens is 1. The molecule has 0 aliphatic heterocycles. The zero-order valence-corrected chi connectivity index (χ0v) is 18.3. The predicted molar refractivity (Wildman–Crippen MR) is 119 cm³/mol. The Morgan fingerprint density at radius 1 is 1.14 bits per heavy atom. The van der Waals surface area contributed by atoms with Crippen molar-refractivity contribution in [1.29, 1.82) is 0 Å². The van der Waals surface area contributed by atoms with Gasteiger partial charge >= 0.3 is 0 Å². The van der Waals surface area contributed by atoms with Gasteiger partial charge in [-0.05, 0) is 38.4 Å². The lowest BCUT2D eigenvalue weighted by molar-refractivity contribution is -0.119. The zero-order chi connectivity index (χ0) is 20.8. The van der Waals surface area contributed by atoms with E-state index in [4.69, 9.17) is 21.1 Å². The zero-order valence-electron chi connectivity index (χ0n) is 16.7. The van der Waals surface area contributed by atoms with Gasteiger partial charge in [0.2, 0.25) is 5.91 Å². The Hall–Kier alpha value is -2.35. The number of benzene rings is 2. The van der Waals surface area contributed by atoms with Gasteiger partial charge in [-0.25, -0.2) is 4.98 Å². The first-order valence-electron chi connectivity index (χ1n) is 9.25. The smallest absolute Gasteiger partial charge is 0.232 e. The van der Waals surface area contributed by atoms with E-state index in [9.17, 15) is 4.79 Å². The summed E-state index contributed by atoms with van der Waals surface area (Å²) in [6.07, 6.45) is 0.253. The van der Waals surface area contributed by atoms with Crippen molar-refractivity contribution in [3.05, 3.63) is 47.5 Å². The lowest BCUT2D eigenvalue weighted by Crippen LogP contribution is -2.37. The molecule has 3 rings (SSSR count). The molecule has 8 heteroatoms. The first-order chi connectivity index (χ1) is 14.0. The molecule has 0 saturated carbocycles. The number of anilines is 1. The van der Waals surface area contributed by atoms with Gasteiger partial charge in [-0.1, -0.05) is 41.1 Å². The summed E-state index contributed by atoms with van der Waals surface area (Å²) in [5, 5.41) is 1.20. The summed E-state index contributed by atoms with van der Waals surface area (Å²) in [6.45, 7) is 1.54. The number of hydrogen-bond donors (Lipinski definition) is 0. The highest BCUT2D eigenvalue weighted by atomic mass is 35.5. The fraction of sp³-hybridized carbons (Fsp3) is 0.333. The van der Waals surface area contributed by atoms with Crippen molar-refractivity contribution in [1.82, 2.24) is 9.88 Å². The molecule has 1 heterocycles. The summed E-state index contributed by atoms with van der Waals surface area (Å²) in [6, 6.07) is 13.0. The van der Waals surface area contributed by atoms with Crippen molar-refractivity contribution < 1.29 is 14.3 Å². The molecule has 0 fully saturated rings. The van der Waals surface area contributed by atoms with Gasteiger partial charge in [0.25, 0.3) is 0 Å². The van der Waals surface area contributed by atoms with Crippen molar-refractivity contribution in [3.8, 4) is 11.5 Å². The topological polar surface area (TPSA) is 54.9 Å². The Balaban J connectivity index is 1.80. The Morgan fingerprint density at radius 3 is 2.59 bits per heavy atom. The molecule has 0 unspecified atom stereocenters. The van der Waals surface area contributed by atoms with Crippen LogP contribution in [0, 0.1) is 0 Å². The molecule has 29 heavy (non-hydrogen) atoms. The molecular formula is C21H24ClN3O3S. The van der Waals surface area contributed by atoms with E-state index < -0.39 is 0 Å². The maximum Gasteiger partial charge on any atom is 0.232 e. The largest absolute Gasteiger partial charge is 0.494 e. The molecule has 0 bridgehead atoms. The average molecular weight is 434 g/mol. The molecule has 1 amide bonds. The molecule has 2 aromatic carbocycles. The summed E-state index contributed by atoms with van der Waals surface area (Å²) in [5.41, 5.74) is 0.670. The van der Waals surface area contributed by atoms with E-state index >= 15 is 0 Å². The third-order valence-corrected chi connectivity index (χ3v) is 5.84. The van der Waals surface area contributed by atoms with Crippen LogP contribution in [-0.4, -0.2) is 56.7 Å². The SMILES string of the molecule is COc1ccc(Cl)c2sc(N(CCN(C)C)C(=O)CCOc3ccccc3)nc12. The second-order valence-corrected chi connectivity index (χ2v) is 8.07. The molecule has 0 radical (unpaired) electrons. The van der Waals surface area contributed by atoms with Crippen LogP contribution in [0.2, 0.25) is 5.02 Å². The molecule has 154 valence electrons. The monoisotopic (exact) mass is 433 g/mol. The molecule has 0 aliphatic carbocycles. The second-order valence-electron chi connectivity index (χ2n) is 6.68. The molecule has 1 aromatic heterocycles. The minimum Gasteiger partial charge on any atom is -0.494 e. The average Bonchev–Trinajstić information content (AvgIpc) is 3.15. The number of nitrogens with zero attached hydrogens (tertiary/aromatic N) is 3. The number of thiazole rings is 1. The number of hydrogen-bond acceptors (Lipinski definition) is 6. The fourth-order valence-electron chi connectivity index (χ4n) is 2.76. The number of carbonyl (C=O) groups excluding carboxylic acids is 1. The summed E-state index contributed by atoms with van der Waals surface area (Å²) in [7, 11) is 5.54. The van der Waals surface area contributed by atoms with E-state index in [2.05, 4.69) is 4.98 Å². The summed E-state index contributed by atoms with van der Waals surface area (Å²) in [4.78, 5) is 21.4. The number of carbonyl (C=O) groups is 1. The molecular weight excluding hydrogens is 410 g/mol. The van der Waals surface area contributed by atoms with Gasteiger partial charge in [-0.3, -0.25) is 9.69 Å². The minimum absolute atomic E-state index is 0.0445. The highest BCUT2D eigenvalue weighted by Crippen LogP contribution is 2.38. The number of para-hydroxylation sites is 1. The van der Waals surface area contributed by atoms with Gasteiger partial charge in [0, 0.05) is 13.1 Å². The van der Waals surface area contributed by atoms with E-state index in [1.165, 1.54) is 11.3 Å².